The summed E-state index contributed by atoms with van der Waals surface area (Å²) < 4.78 is 30.2. The second kappa shape index (κ2) is 4.33. The van der Waals surface area contributed by atoms with Gasteiger partial charge in [-0.2, -0.15) is 4.31 Å². The topological polar surface area (TPSA) is 63.7 Å². The Kier molecular flexibility index (Phi) is 3.21. The molecule has 1 heterocycles. The molecule has 2 aliphatic rings. The lowest BCUT2D eigenvalue weighted by atomic mass is 10.1. The predicted octanol–water partition coefficient (Wildman–Crippen LogP) is 0.506. The van der Waals surface area contributed by atoms with Crippen LogP contribution in [0.5, 0.6) is 0 Å². The van der Waals surface area contributed by atoms with Gasteiger partial charge in [-0.15, -0.1) is 0 Å². The molecule has 1 aliphatic heterocycles. The van der Waals surface area contributed by atoms with Crippen molar-refractivity contribution >= 4 is 16.0 Å². The van der Waals surface area contributed by atoms with Crippen LogP contribution in [0.3, 0.4) is 0 Å². The summed E-state index contributed by atoms with van der Waals surface area (Å²) in [6.45, 7) is 0.457. The smallest absolute Gasteiger partial charge is 0.324 e. The van der Waals surface area contributed by atoms with Crippen molar-refractivity contribution < 1.29 is 17.9 Å². The zero-order chi connectivity index (χ0) is 11.8. The third-order valence-corrected chi connectivity index (χ3v) is 5.60. The molecule has 6 heteroatoms. The van der Waals surface area contributed by atoms with Crippen molar-refractivity contribution in [3.63, 3.8) is 0 Å². The molecule has 1 atom stereocenters. The molecular weight excluding hydrogens is 230 g/mol. The lowest BCUT2D eigenvalue weighted by molar-refractivity contribution is -0.146. The summed E-state index contributed by atoms with van der Waals surface area (Å²) in [5.41, 5.74) is 0. The maximum Gasteiger partial charge on any atom is 0.324 e. The average Bonchev–Trinajstić information content (AvgIpc) is 3.12. The van der Waals surface area contributed by atoms with Gasteiger partial charge in [0.2, 0.25) is 10.0 Å². The van der Waals surface area contributed by atoms with Gasteiger partial charge in [0.25, 0.3) is 0 Å². The van der Waals surface area contributed by atoms with Crippen LogP contribution in [0.15, 0.2) is 0 Å². The Bertz CT molecular complexity index is 374. The summed E-state index contributed by atoms with van der Waals surface area (Å²) in [6.07, 6.45) is 3.76. The molecule has 0 N–H and O–H groups in total. The monoisotopic (exact) mass is 247 g/mol. The van der Waals surface area contributed by atoms with Crippen molar-refractivity contribution in [3.8, 4) is 0 Å². The molecule has 0 amide bonds. The second-order valence-electron chi connectivity index (χ2n) is 4.39. The zero-order valence-electron chi connectivity index (χ0n) is 9.39. The lowest BCUT2D eigenvalue weighted by Gasteiger charge is -2.32. The molecule has 0 aromatic heterocycles. The van der Waals surface area contributed by atoms with E-state index in [0.29, 0.717) is 13.0 Å². The van der Waals surface area contributed by atoms with Gasteiger partial charge in [0, 0.05) is 6.54 Å². The zero-order valence-corrected chi connectivity index (χ0v) is 10.2. The fourth-order valence-corrected chi connectivity index (χ4v) is 4.18. The van der Waals surface area contributed by atoms with Gasteiger partial charge in [0.05, 0.1) is 12.4 Å². The van der Waals surface area contributed by atoms with E-state index in [1.54, 1.807) is 0 Å². The molecule has 0 bridgehead atoms. The first-order valence-electron chi connectivity index (χ1n) is 5.66. The van der Waals surface area contributed by atoms with Gasteiger partial charge in [-0.05, 0) is 32.1 Å². The molecule has 0 aromatic carbocycles. The maximum atomic E-state index is 12.1. The summed E-state index contributed by atoms with van der Waals surface area (Å²) in [4.78, 5) is 11.5. The normalized spacial score (nSPS) is 27.7. The van der Waals surface area contributed by atoms with Gasteiger partial charge in [-0.25, -0.2) is 8.42 Å². The number of piperidine rings is 1. The van der Waals surface area contributed by atoms with Crippen LogP contribution in [-0.4, -0.2) is 43.6 Å². The van der Waals surface area contributed by atoms with Gasteiger partial charge < -0.3 is 4.74 Å². The number of hydrogen-bond acceptors (Lipinski definition) is 4. The Morgan fingerprint density at radius 3 is 2.50 bits per heavy atom. The molecular formula is C10H17NO4S. The van der Waals surface area contributed by atoms with E-state index in [-0.39, 0.29) is 5.25 Å². The van der Waals surface area contributed by atoms with Crippen LogP contribution >= 0.6 is 0 Å². The molecule has 16 heavy (non-hydrogen) atoms. The Morgan fingerprint density at radius 1 is 1.25 bits per heavy atom. The first-order chi connectivity index (χ1) is 7.57. The Morgan fingerprint density at radius 2 is 1.94 bits per heavy atom. The predicted molar refractivity (Wildman–Crippen MR) is 58.3 cm³/mol. The van der Waals surface area contributed by atoms with E-state index in [4.69, 9.17) is 0 Å². The van der Waals surface area contributed by atoms with Crippen molar-refractivity contribution in [2.75, 3.05) is 13.7 Å². The number of esters is 1. The van der Waals surface area contributed by atoms with Crippen molar-refractivity contribution in [1.29, 1.82) is 0 Å². The number of sulfonamides is 1. The van der Waals surface area contributed by atoms with Crippen molar-refractivity contribution in [2.45, 2.75) is 43.4 Å². The van der Waals surface area contributed by atoms with Gasteiger partial charge in [0.15, 0.2) is 0 Å². The lowest BCUT2D eigenvalue weighted by Crippen LogP contribution is -2.49. The summed E-state index contributed by atoms with van der Waals surface area (Å²) in [6, 6.07) is -0.593. The van der Waals surface area contributed by atoms with E-state index in [1.165, 1.54) is 11.4 Å². The number of rotatable bonds is 3. The average molecular weight is 247 g/mol. The van der Waals surface area contributed by atoms with E-state index in [9.17, 15) is 13.2 Å². The quantitative estimate of drug-likeness (QED) is 0.681. The van der Waals surface area contributed by atoms with Gasteiger partial charge in [-0.1, -0.05) is 0 Å². The standard InChI is InChI=1S/C10H17NO4S/c1-15-10(12)9-4-2-3-7-11(9)16(13,14)8-5-6-8/h8-9H,2-7H2,1H3/t9-/m1/s1. The minimum Gasteiger partial charge on any atom is -0.468 e. The maximum absolute atomic E-state index is 12.1. The van der Waals surface area contributed by atoms with Crippen LogP contribution < -0.4 is 0 Å². The molecule has 92 valence electrons. The van der Waals surface area contributed by atoms with Gasteiger partial charge >= 0.3 is 5.97 Å². The van der Waals surface area contributed by atoms with Crippen molar-refractivity contribution in [3.05, 3.63) is 0 Å². The highest BCUT2D eigenvalue weighted by molar-refractivity contribution is 7.90. The summed E-state index contributed by atoms with van der Waals surface area (Å²) >= 11 is 0. The van der Waals surface area contributed by atoms with Crippen molar-refractivity contribution in [1.82, 2.24) is 4.31 Å². The van der Waals surface area contributed by atoms with E-state index in [1.807, 2.05) is 0 Å². The third-order valence-electron chi connectivity index (χ3n) is 3.20. The molecule has 0 aromatic rings. The number of methoxy groups -OCH3 is 1. The molecule has 0 radical (unpaired) electrons. The number of nitrogens with zero attached hydrogens (tertiary/aromatic N) is 1. The Labute approximate surface area is 95.8 Å². The molecule has 5 nitrogen and oxygen atoms in total. The van der Waals surface area contributed by atoms with Gasteiger partial charge in [0.1, 0.15) is 6.04 Å². The van der Waals surface area contributed by atoms with Crippen LogP contribution in [0.4, 0.5) is 0 Å². The molecule has 1 saturated heterocycles. The van der Waals surface area contributed by atoms with Crippen LogP contribution in [0.1, 0.15) is 32.1 Å². The highest BCUT2D eigenvalue weighted by atomic mass is 32.2. The molecule has 1 saturated carbocycles. The number of carbonyl (C=O) groups is 1. The summed E-state index contributed by atoms with van der Waals surface area (Å²) in [7, 11) is -1.96. The first-order valence-corrected chi connectivity index (χ1v) is 7.16. The number of carbonyl (C=O) groups excluding carboxylic acids is 1. The fourth-order valence-electron chi connectivity index (χ4n) is 2.14. The van der Waals surface area contributed by atoms with Crippen molar-refractivity contribution in [2.24, 2.45) is 0 Å². The minimum atomic E-state index is -3.26. The molecule has 1 aliphatic carbocycles. The summed E-state index contributed by atoms with van der Waals surface area (Å²) in [5, 5.41) is -0.252. The van der Waals surface area contributed by atoms with E-state index in [2.05, 4.69) is 4.74 Å². The van der Waals surface area contributed by atoms with E-state index < -0.39 is 22.0 Å². The highest BCUT2D eigenvalue weighted by Crippen LogP contribution is 2.34. The summed E-state index contributed by atoms with van der Waals surface area (Å²) in [5.74, 6) is -0.427. The first kappa shape index (κ1) is 11.9. The van der Waals surface area contributed by atoms with E-state index >= 15 is 0 Å². The molecule has 0 spiro atoms. The molecule has 2 rings (SSSR count). The van der Waals surface area contributed by atoms with E-state index in [0.717, 1.165) is 25.7 Å². The van der Waals surface area contributed by atoms with Crippen LogP contribution in [-0.2, 0) is 19.6 Å². The molecule has 2 fully saturated rings. The van der Waals surface area contributed by atoms with Crippen LogP contribution in [0.2, 0.25) is 0 Å². The number of hydrogen-bond donors (Lipinski definition) is 0. The molecule has 0 unspecified atom stereocenters. The SMILES string of the molecule is COC(=O)[C@H]1CCCCN1S(=O)(=O)C1CC1. The fraction of sp³-hybridized carbons (Fsp3) is 0.900. The van der Waals surface area contributed by atoms with Crippen LogP contribution in [0.25, 0.3) is 0 Å². The highest BCUT2D eigenvalue weighted by Gasteiger charge is 2.45. The largest absolute Gasteiger partial charge is 0.468 e. The third kappa shape index (κ3) is 2.08. The van der Waals surface area contributed by atoms with Crippen LogP contribution in [0, 0.1) is 0 Å². The Balaban J connectivity index is 2.19. The second-order valence-corrected chi connectivity index (χ2v) is 6.56. The minimum absolute atomic E-state index is 0.252. The Hall–Kier alpha value is -0.620. The van der Waals surface area contributed by atoms with Gasteiger partial charge in [-0.3, -0.25) is 4.79 Å². The number of ether oxygens (including phenoxy) is 1.